The Labute approximate surface area is 129 Å². The van der Waals surface area contributed by atoms with Crippen molar-refractivity contribution in [3.05, 3.63) is 0 Å². The van der Waals surface area contributed by atoms with Crippen molar-refractivity contribution in [2.45, 2.75) is 84.1 Å². The number of carbonyl (C=O) groups excluding carboxylic acids is 1. The van der Waals surface area contributed by atoms with E-state index in [1.165, 1.54) is 0 Å². The number of likely N-dealkylation sites (tertiary alicyclic amines) is 1. The standard InChI is InChI=1S/C16H32N2O3/c1-12(19)16(5,6)17-11-13-9-7-8-10-18(13)14(20)21-15(2,3)4/h12-13,17,19H,7-11H2,1-6H3. The van der Waals surface area contributed by atoms with Gasteiger partial charge in [0.25, 0.3) is 0 Å². The first-order chi connectivity index (χ1) is 9.53. The molecule has 2 atom stereocenters. The fourth-order valence-corrected chi connectivity index (χ4v) is 2.30. The second kappa shape index (κ2) is 6.97. The SMILES string of the molecule is CC(O)C(C)(C)NCC1CCCCN1C(=O)OC(C)(C)C. The summed E-state index contributed by atoms with van der Waals surface area (Å²) in [4.78, 5) is 14.1. The lowest BCUT2D eigenvalue weighted by molar-refractivity contribution is 0.00765. The second-order valence-corrected chi connectivity index (χ2v) is 7.60. The average Bonchev–Trinajstić information content (AvgIpc) is 2.34. The first-order valence-electron chi connectivity index (χ1n) is 7.95. The molecule has 0 radical (unpaired) electrons. The van der Waals surface area contributed by atoms with Gasteiger partial charge in [0, 0.05) is 24.7 Å². The topological polar surface area (TPSA) is 61.8 Å². The minimum atomic E-state index is -0.467. The fraction of sp³-hybridized carbons (Fsp3) is 0.938. The Morgan fingerprint density at radius 3 is 2.48 bits per heavy atom. The van der Waals surface area contributed by atoms with Crippen LogP contribution in [-0.2, 0) is 4.74 Å². The largest absolute Gasteiger partial charge is 0.444 e. The maximum Gasteiger partial charge on any atom is 0.410 e. The highest BCUT2D eigenvalue weighted by Gasteiger charge is 2.32. The molecule has 2 unspecified atom stereocenters. The summed E-state index contributed by atoms with van der Waals surface area (Å²) in [7, 11) is 0. The Morgan fingerprint density at radius 2 is 1.95 bits per heavy atom. The van der Waals surface area contributed by atoms with Crippen LogP contribution in [0.5, 0.6) is 0 Å². The number of carbonyl (C=O) groups is 1. The van der Waals surface area contributed by atoms with Crippen molar-refractivity contribution in [1.29, 1.82) is 0 Å². The molecule has 5 heteroatoms. The van der Waals surface area contributed by atoms with Gasteiger partial charge < -0.3 is 20.1 Å². The van der Waals surface area contributed by atoms with Gasteiger partial charge in [-0.15, -0.1) is 0 Å². The van der Waals surface area contributed by atoms with Gasteiger partial charge >= 0.3 is 6.09 Å². The summed E-state index contributed by atoms with van der Waals surface area (Å²) in [5.41, 5.74) is -0.831. The molecule has 5 nitrogen and oxygen atoms in total. The van der Waals surface area contributed by atoms with Crippen LogP contribution in [0.1, 0.15) is 60.8 Å². The van der Waals surface area contributed by atoms with Crippen LogP contribution in [0.15, 0.2) is 0 Å². The van der Waals surface area contributed by atoms with Crippen molar-refractivity contribution in [2.24, 2.45) is 0 Å². The lowest BCUT2D eigenvalue weighted by Crippen LogP contribution is -2.56. The van der Waals surface area contributed by atoms with Crippen LogP contribution in [0.4, 0.5) is 4.79 Å². The number of hydrogen-bond acceptors (Lipinski definition) is 4. The van der Waals surface area contributed by atoms with Crippen LogP contribution in [0.25, 0.3) is 0 Å². The molecule has 1 aliphatic heterocycles. The van der Waals surface area contributed by atoms with Crippen molar-refractivity contribution < 1.29 is 14.6 Å². The van der Waals surface area contributed by atoms with E-state index in [1.54, 1.807) is 6.92 Å². The zero-order valence-corrected chi connectivity index (χ0v) is 14.4. The highest BCUT2D eigenvalue weighted by atomic mass is 16.6. The number of nitrogens with zero attached hydrogens (tertiary/aromatic N) is 1. The summed E-state index contributed by atoms with van der Waals surface area (Å²) in [5.74, 6) is 0. The molecule has 0 aliphatic carbocycles. The molecule has 1 amide bonds. The molecular formula is C16H32N2O3. The van der Waals surface area contributed by atoms with E-state index in [2.05, 4.69) is 5.32 Å². The molecule has 1 aliphatic rings. The number of aliphatic hydroxyl groups excluding tert-OH is 1. The molecule has 1 rings (SSSR count). The van der Waals surface area contributed by atoms with Crippen LogP contribution in [-0.4, -0.2) is 52.5 Å². The van der Waals surface area contributed by atoms with E-state index >= 15 is 0 Å². The number of piperidine rings is 1. The normalized spacial score (nSPS) is 22.0. The maximum absolute atomic E-state index is 12.3. The molecule has 21 heavy (non-hydrogen) atoms. The Hall–Kier alpha value is -0.810. The molecule has 0 saturated carbocycles. The quantitative estimate of drug-likeness (QED) is 0.837. The molecule has 1 fully saturated rings. The van der Waals surface area contributed by atoms with E-state index in [9.17, 15) is 9.90 Å². The van der Waals surface area contributed by atoms with Crippen molar-refractivity contribution in [3.63, 3.8) is 0 Å². The Kier molecular flexibility index (Phi) is 6.05. The van der Waals surface area contributed by atoms with E-state index in [0.29, 0.717) is 6.54 Å². The van der Waals surface area contributed by atoms with Gasteiger partial charge in [-0.25, -0.2) is 4.79 Å². The minimum absolute atomic E-state index is 0.131. The van der Waals surface area contributed by atoms with Crippen LogP contribution < -0.4 is 5.32 Å². The third-order valence-electron chi connectivity index (χ3n) is 4.09. The molecule has 124 valence electrons. The molecule has 0 aromatic rings. The van der Waals surface area contributed by atoms with Crippen LogP contribution >= 0.6 is 0 Å². The summed E-state index contributed by atoms with van der Waals surface area (Å²) in [6.45, 7) is 12.8. The van der Waals surface area contributed by atoms with E-state index in [4.69, 9.17) is 4.74 Å². The zero-order chi connectivity index (χ0) is 16.3. The second-order valence-electron chi connectivity index (χ2n) is 7.60. The molecule has 0 bridgehead atoms. The lowest BCUT2D eigenvalue weighted by atomic mass is 9.96. The summed E-state index contributed by atoms with van der Waals surface area (Å²) in [6, 6.07) is 0.131. The van der Waals surface area contributed by atoms with Gasteiger partial charge in [-0.2, -0.15) is 0 Å². The first kappa shape index (κ1) is 18.2. The monoisotopic (exact) mass is 300 g/mol. The maximum atomic E-state index is 12.3. The van der Waals surface area contributed by atoms with E-state index in [1.807, 2.05) is 39.5 Å². The Morgan fingerprint density at radius 1 is 1.33 bits per heavy atom. The highest BCUT2D eigenvalue weighted by Crippen LogP contribution is 2.21. The van der Waals surface area contributed by atoms with Crippen molar-refractivity contribution >= 4 is 6.09 Å². The molecule has 2 N–H and O–H groups in total. The van der Waals surface area contributed by atoms with Gasteiger partial charge in [-0.05, 0) is 60.8 Å². The third-order valence-corrected chi connectivity index (χ3v) is 4.09. The van der Waals surface area contributed by atoms with Gasteiger partial charge in [0.1, 0.15) is 5.60 Å². The summed E-state index contributed by atoms with van der Waals surface area (Å²) in [6.07, 6.45) is 2.44. The van der Waals surface area contributed by atoms with Crippen LogP contribution in [0.3, 0.4) is 0 Å². The van der Waals surface area contributed by atoms with Gasteiger partial charge in [-0.3, -0.25) is 0 Å². The number of amides is 1. The number of aliphatic hydroxyl groups is 1. The fourth-order valence-electron chi connectivity index (χ4n) is 2.30. The first-order valence-corrected chi connectivity index (χ1v) is 7.95. The van der Waals surface area contributed by atoms with Crippen LogP contribution in [0.2, 0.25) is 0 Å². The van der Waals surface area contributed by atoms with E-state index in [-0.39, 0.29) is 17.7 Å². The predicted octanol–water partition coefficient (Wildman–Crippen LogP) is 2.53. The van der Waals surface area contributed by atoms with Gasteiger partial charge in [0.15, 0.2) is 0 Å². The van der Waals surface area contributed by atoms with Crippen molar-refractivity contribution in [1.82, 2.24) is 10.2 Å². The van der Waals surface area contributed by atoms with E-state index < -0.39 is 11.7 Å². The number of ether oxygens (including phenoxy) is 1. The molecule has 0 aromatic heterocycles. The predicted molar refractivity (Wildman–Crippen MR) is 84.3 cm³/mol. The van der Waals surface area contributed by atoms with Crippen molar-refractivity contribution in [3.8, 4) is 0 Å². The number of hydrogen-bond donors (Lipinski definition) is 2. The molecular weight excluding hydrogens is 268 g/mol. The zero-order valence-electron chi connectivity index (χ0n) is 14.4. The third kappa shape index (κ3) is 5.83. The van der Waals surface area contributed by atoms with Gasteiger partial charge in [-0.1, -0.05) is 0 Å². The number of rotatable bonds is 4. The van der Waals surface area contributed by atoms with Gasteiger partial charge in [0.2, 0.25) is 0 Å². The molecule has 1 heterocycles. The number of nitrogens with one attached hydrogen (secondary N) is 1. The summed E-state index contributed by atoms with van der Waals surface area (Å²) < 4.78 is 5.50. The lowest BCUT2D eigenvalue weighted by Gasteiger charge is -2.39. The van der Waals surface area contributed by atoms with Crippen LogP contribution in [0, 0.1) is 0 Å². The smallest absolute Gasteiger partial charge is 0.410 e. The van der Waals surface area contributed by atoms with E-state index in [0.717, 1.165) is 25.8 Å². The average molecular weight is 300 g/mol. The highest BCUT2D eigenvalue weighted by molar-refractivity contribution is 5.68. The van der Waals surface area contributed by atoms with Gasteiger partial charge in [0.05, 0.1) is 6.10 Å². The summed E-state index contributed by atoms with van der Waals surface area (Å²) in [5, 5.41) is 13.1. The molecule has 1 saturated heterocycles. The Bertz CT molecular complexity index is 348. The summed E-state index contributed by atoms with van der Waals surface area (Å²) >= 11 is 0. The van der Waals surface area contributed by atoms with Crippen molar-refractivity contribution in [2.75, 3.05) is 13.1 Å². The molecule has 0 aromatic carbocycles. The molecule has 0 spiro atoms. The minimum Gasteiger partial charge on any atom is -0.444 e. The Balaban J connectivity index is 2.63.